The van der Waals surface area contributed by atoms with Crippen LogP contribution >= 0.6 is 0 Å². The Hall–Kier alpha value is -2.02. The molecule has 0 spiro atoms. The van der Waals surface area contributed by atoms with Crippen molar-refractivity contribution in [2.75, 3.05) is 11.9 Å². The molecular weight excluding hydrogens is 216 g/mol. The number of benzene rings is 1. The van der Waals surface area contributed by atoms with Crippen LogP contribution in [-0.2, 0) is 4.79 Å². The molecule has 4 nitrogen and oxygen atoms in total. The van der Waals surface area contributed by atoms with Gasteiger partial charge in [-0.1, -0.05) is 13.0 Å². The minimum Gasteiger partial charge on any atom is -0.508 e. The summed E-state index contributed by atoms with van der Waals surface area (Å²) >= 11 is 0. The van der Waals surface area contributed by atoms with Crippen molar-refractivity contribution in [3.8, 4) is 11.8 Å². The van der Waals surface area contributed by atoms with Gasteiger partial charge in [-0.05, 0) is 25.5 Å². The number of carbonyl (C=O) groups is 1. The molecule has 0 saturated heterocycles. The van der Waals surface area contributed by atoms with Gasteiger partial charge in [0.15, 0.2) is 0 Å². The predicted molar refractivity (Wildman–Crippen MR) is 65.5 cm³/mol. The van der Waals surface area contributed by atoms with Gasteiger partial charge < -0.3 is 10.0 Å². The molecule has 0 radical (unpaired) electrons. The molecule has 1 amide bonds. The summed E-state index contributed by atoms with van der Waals surface area (Å²) in [6.07, 6.45) is 0.450. The first-order valence-electron chi connectivity index (χ1n) is 5.43. The second-order valence-electron chi connectivity index (χ2n) is 4.18. The van der Waals surface area contributed by atoms with E-state index in [9.17, 15) is 9.90 Å². The van der Waals surface area contributed by atoms with Gasteiger partial charge in [0.1, 0.15) is 11.2 Å². The molecule has 1 aromatic carbocycles. The van der Waals surface area contributed by atoms with E-state index in [-0.39, 0.29) is 11.7 Å². The molecule has 0 aromatic heterocycles. The molecule has 0 fully saturated rings. The summed E-state index contributed by atoms with van der Waals surface area (Å²) in [5.74, 6) is -0.176. The van der Waals surface area contributed by atoms with E-state index in [4.69, 9.17) is 5.26 Å². The van der Waals surface area contributed by atoms with E-state index in [1.165, 1.54) is 17.0 Å². The number of anilines is 1. The second-order valence-corrected chi connectivity index (χ2v) is 4.18. The normalized spacial score (nSPS) is 13.5. The number of hydrogen-bond donors (Lipinski definition) is 1. The first-order chi connectivity index (χ1) is 7.94. The average Bonchev–Trinajstić information content (AvgIpc) is 2.36. The SMILES string of the molecule is CCC(C)(C#N)C(=O)N(C)c1cccc(O)c1. The second kappa shape index (κ2) is 4.88. The van der Waals surface area contributed by atoms with Gasteiger partial charge in [-0.3, -0.25) is 4.79 Å². The maximum absolute atomic E-state index is 12.2. The third kappa shape index (κ3) is 2.56. The van der Waals surface area contributed by atoms with Crippen molar-refractivity contribution in [3.05, 3.63) is 24.3 Å². The number of nitrogens with zero attached hydrogens (tertiary/aromatic N) is 2. The Morgan fingerprint density at radius 2 is 2.24 bits per heavy atom. The number of phenolic OH excluding ortho intramolecular Hbond substituents is 1. The van der Waals surface area contributed by atoms with Gasteiger partial charge in [0.2, 0.25) is 5.91 Å². The van der Waals surface area contributed by atoms with Crippen LogP contribution in [0.1, 0.15) is 20.3 Å². The van der Waals surface area contributed by atoms with E-state index in [1.54, 1.807) is 33.0 Å². The third-order valence-electron chi connectivity index (χ3n) is 2.95. The molecule has 1 N–H and O–H groups in total. The summed E-state index contributed by atoms with van der Waals surface area (Å²) in [5, 5.41) is 18.4. The lowest BCUT2D eigenvalue weighted by molar-refractivity contribution is -0.124. The molecule has 1 rings (SSSR count). The topological polar surface area (TPSA) is 64.3 Å². The Morgan fingerprint density at radius 3 is 2.71 bits per heavy atom. The van der Waals surface area contributed by atoms with Gasteiger partial charge in [-0.15, -0.1) is 0 Å². The zero-order valence-electron chi connectivity index (χ0n) is 10.3. The van der Waals surface area contributed by atoms with Crippen molar-refractivity contribution in [2.45, 2.75) is 20.3 Å². The Bertz CT molecular complexity index is 465. The van der Waals surface area contributed by atoms with Crippen LogP contribution in [0.4, 0.5) is 5.69 Å². The number of amides is 1. The third-order valence-corrected chi connectivity index (χ3v) is 2.95. The number of nitriles is 1. The highest BCUT2D eigenvalue weighted by Gasteiger charge is 2.34. The van der Waals surface area contributed by atoms with Crippen LogP contribution in [0.15, 0.2) is 24.3 Å². The summed E-state index contributed by atoms with van der Waals surface area (Å²) in [6, 6.07) is 8.43. The Balaban J connectivity index is 3.03. The highest BCUT2D eigenvalue weighted by Crippen LogP contribution is 2.27. The lowest BCUT2D eigenvalue weighted by Gasteiger charge is -2.26. The monoisotopic (exact) mass is 232 g/mol. The van der Waals surface area contributed by atoms with Crippen LogP contribution < -0.4 is 4.90 Å². The fraction of sp³-hybridized carbons (Fsp3) is 0.385. The number of aromatic hydroxyl groups is 1. The smallest absolute Gasteiger partial charge is 0.246 e. The van der Waals surface area contributed by atoms with Gasteiger partial charge in [-0.25, -0.2) is 0 Å². The molecule has 1 atom stereocenters. The number of hydrogen-bond acceptors (Lipinski definition) is 3. The minimum absolute atomic E-state index is 0.0947. The molecule has 0 aliphatic rings. The fourth-order valence-electron chi connectivity index (χ4n) is 1.47. The molecular formula is C13H16N2O2. The molecule has 0 bridgehead atoms. The van der Waals surface area contributed by atoms with Crippen molar-refractivity contribution in [2.24, 2.45) is 5.41 Å². The van der Waals surface area contributed by atoms with Gasteiger partial charge in [0, 0.05) is 18.8 Å². The zero-order chi connectivity index (χ0) is 13.1. The van der Waals surface area contributed by atoms with Crippen molar-refractivity contribution in [3.63, 3.8) is 0 Å². The summed E-state index contributed by atoms with van der Waals surface area (Å²) in [5.41, 5.74) is -0.454. The maximum Gasteiger partial charge on any atom is 0.246 e. The fourth-order valence-corrected chi connectivity index (χ4v) is 1.47. The van der Waals surface area contributed by atoms with Crippen molar-refractivity contribution in [1.29, 1.82) is 5.26 Å². The van der Waals surface area contributed by atoms with Gasteiger partial charge in [0.05, 0.1) is 6.07 Å². The molecule has 0 aliphatic heterocycles. The lowest BCUT2D eigenvalue weighted by atomic mass is 9.88. The van der Waals surface area contributed by atoms with Crippen molar-refractivity contribution in [1.82, 2.24) is 0 Å². The Morgan fingerprint density at radius 1 is 1.59 bits per heavy atom. The summed E-state index contributed by atoms with van der Waals surface area (Å²) < 4.78 is 0. The van der Waals surface area contributed by atoms with Crippen LogP contribution in [0.2, 0.25) is 0 Å². The van der Waals surface area contributed by atoms with Crippen molar-refractivity contribution < 1.29 is 9.90 Å². The van der Waals surface area contributed by atoms with Crippen LogP contribution in [0.3, 0.4) is 0 Å². The van der Waals surface area contributed by atoms with Crippen LogP contribution in [0.5, 0.6) is 5.75 Å². The van der Waals surface area contributed by atoms with Gasteiger partial charge >= 0.3 is 0 Å². The zero-order valence-corrected chi connectivity index (χ0v) is 10.3. The van der Waals surface area contributed by atoms with Gasteiger partial charge in [-0.2, -0.15) is 5.26 Å². The van der Waals surface area contributed by atoms with Crippen molar-refractivity contribution >= 4 is 11.6 Å². The summed E-state index contributed by atoms with van der Waals surface area (Å²) in [6.45, 7) is 3.42. The number of phenols is 1. The standard InChI is InChI=1S/C13H16N2O2/c1-4-13(2,9-14)12(17)15(3)10-6-5-7-11(16)8-10/h5-8,16H,4H2,1-3H3. The van der Waals surface area contributed by atoms with E-state index >= 15 is 0 Å². The van der Waals surface area contributed by atoms with E-state index in [0.717, 1.165) is 0 Å². The Labute approximate surface area is 101 Å². The molecule has 90 valence electrons. The number of rotatable bonds is 3. The van der Waals surface area contributed by atoms with Gasteiger partial charge in [0.25, 0.3) is 0 Å². The molecule has 1 aromatic rings. The molecule has 0 saturated carbocycles. The highest BCUT2D eigenvalue weighted by atomic mass is 16.3. The Kier molecular flexibility index (Phi) is 3.74. The van der Waals surface area contributed by atoms with Crippen LogP contribution in [0.25, 0.3) is 0 Å². The lowest BCUT2D eigenvalue weighted by Crippen LogP contribution is -2.39. The first kappa shape index (κ1) is 13.0. The highest BCUT2D eigenvalue weighted by molar-refractivity contribution is 5.98. The average molecular weight is 232 g/mol. The number of carbonyl (C=O) groups excluding carboxylic acids is 1. The van der Waals surface area contributed by atoms with E-state index in [1.807, 2.05) is 6.07 Å². The summed E-state index contributed by atoms with van der Waals surface area (Å²) in [4.78, 5) is 13.6. The molecule has 17 heavy (non-hydrogen) atoms. The molecule has 0 aliphatic carbocycles. The predicted octanol–water partition coefficient (Wildman–Crippen LogP) is 2.29. The maximum atomic E-state index is 12.2. The molecule has 4 heteroatoms. The summed E-state index contributed by atoms with van der Waals surface area (Å²) in [7, 11) is 1.60. The quantitative estimate of drug-likeness (QED) is 0.869. The first-order valence-corrected chi connectivity index (χ1v) is 5.43. The molecule has 1 unspecified atom stereocenters. The van der Waals surface area contributed by atoms with Crippen LogP contribution in [-0.4, -0.2) is 18.1 Å². The van der Waals surface area contributed by atoms with Crippen LogP contribution in [0, 0.1) is 16.7 Å². The van der Waals surface area contributed by atoms with E-state index in [0.29, 0.717) is 12.1 Å². The van der Waals surface area contributed by atoms with E-state index in [2.05, 4.69) is 0 Å². The largest absolute Gasteiger partial charge is 0.508 e. The van der Waals surface area contributed by atoms with E-state index < -0.39 is 5.41 Å². The molecule has 0 heterocycles. The minimum atomic E-state index is -1.03.